The van der Waals surface area contributed by atoms with Crippen molar-refractivity contribution in [3.05, 3.63) is 68.2 Å². The van der Waals surface area contributed by atoms with Gasteiger partial charge in [-0.2, -0.15) is 4.31 Å². The molecule has 1 aromatic carbocycles. The van der Waals surface area contributed by atoms with Gasteiger partial charge in [0.2, 0.25) is 16.0 Å². The lowest BCUT2D eigenvalue weighted by Gasteiger charge is -2.34. The fourth-order valence-electron chi connectivity index (χ4n) is 4.52. The highest BCUT2D eigenvalue weighted by Gasteiger charge is 2.24. The van der Waals surface area contributed by atoms with Gasteiger partial charge in [-0.05, 0) is 38.1 Å². The van der Waals surface area contributed by atoms with Gasteiger partial charge in [-0.25, -0.2) is 32.2 Å². The molecule has 4 aromatic rings. The van der Waals surface area contributed by atoms with Crippen LogP contribution < -0.4 is 20.5 Å². The monoisotopic (exact) mass is 589 g/mol. The van der Waals surface area contributed by atoms with Gasteiger partial charge in [-0.3, -0.25) is 9.59 Å². The summed E-state index contributed by atoms with van der Waals surface area (Å²) in [5, 5.41) is 2.90. The number of rotatable bonds is 6. The second-order valence-electron chi connectivity index (χ2n) is 9.53. The molecular weight excluding hydrogens is 564 g/mol. The van der Waals surface area contributed by atoms with Crippen molar-refractivity contribution in [3.63, 3.8) is 0 Å². The zero-order valence-corrected chi connectivity index (χ0v) is 23.4. The van der Waals surface area contributed by atoms with Gasteiger partial charge < -0.3 is 14.8 Å². The third kappa shape index (κ3) is 5.44. The summed E-state index contributed by atoms with van der Waals surface area (Å²) in [6.45, 7) is 5.19. The third-order valence-corrected chi connectivity index (χ3v) is 8.74. The van der Waals surface area contributed by atoms with Crippen LogP contribution in [0.1, 0.15) is 19.9 Å². The quantitative estimate of drug-likeness (QED) is 0.337. The molecule has 15 heteroatoms. The summed E-state index contributed by atoms with van der Waals surface area (Å²) in [4.78, 5) is 39.1. The van der Waals surface area contributed by atoms with Gasteiger partial charge >= 0.3 is 5.56 Å². The molecular formula is C25H25F2N7O4S2. The second kappa shape index (κ2) is 10.6. The topological polar surface area (TPSA) is 130 Å². The Morgan fingerprint density at radius 2 is 1.73 bits per heavy atom. The average Bonchev–Trinajstić information content (AvgIpc) is 2.91. The number of halogens is 2. The van der Waals surface area contributed by atoms with Gasteiger partial charge in [0.25, 0.3) is 4.74 Å². The summed E-state index contributed by atoms with van der Waals surface area (Å²) >= 11 is 0.508. The van der Waals surface area contributed by atoms with Gasteiger partial charge in [0.1, 0.15) is 17.3 Å². The fraction of sp³-hybridized carbons (Fsp3) is 0.320. The molecule has 0 saturated carbocycles. The lowest BCUT2D eigenvalue weighted by molar-refractivity contribution is 0.388. The molecule has 1 aliphatic heterocycles. The van der Waals surface area contributed by atoms with Gasteiger partial charge in [-0.15, -0.1) is 0 Å². The number of piperazine rings is 1. The number of nitrogens with zero attached hydrogens (tertiary/aromatic N) is 6. The van der Waals surface area contributed by atoms with Crippen LogP contribution in [0.3, 0.4) is 0 Å². The van der Waals surface area contributed by atoms with Gasteiger partial charge in [0, 0.05) is 37.8 Å². The first-order chi connectivity index (χ1) is 18.9. The van der Waals surface area contributed by atoms with Gasteiger partial charge in [0.05, 0.1) is 34.6 Å². The molecule has 0 bridgehead atoms. The molecule has 11 nitrogen and oxygen atoms in total. The molecule has 0 unspecified atom stereocenters. The minimum atomic E-state index is -3.23. The van der Waals surface area contributed by atoms with E-state index >= 15 is 4.39 Å². The van der Waals surface area contributed by atoms with Crippen molar-refractivity contribution in [1.82, 2.24) is 23.8 Å². The van der Waals surface area contributed by atoms with Crippen LogP contribution in [-0.4, -0.2) is 64.7 Å². The van der Waals surface area contributed by atoms with Crippen LogP contribution in [0.2, 0.25) is 0 Å². The maximum Gasteiger partial charge on any atom is 0.309 e. The Hall–Kier alpha value is -3.82. The maximum atomic E-state index is 15.1. The number of benzene rings is 1. The van der Waals surface area contributed by atoms with Crippen LogP contribution in [0.4, 0.5) is 26.2 Å². The maximum absolute atomic E-state index is 15.1. The van der Waals surface area contributed by atoms with Crippen molar-refractivity contribution in [3.8, 4) is 11.3 Å². The first kappa shape index (κ1) is 27.7. The number of aromatic nitrogens is 4. The Morgan fingerprint density at radius 3 is 2.35 bits per heavy atom. The predicted molar refractivity (Wildman–Crippen MR) is 150 cm³/mol. The largest absolute Gasteiger partial charge is 0.368 e. The molecule has 1 aliphatic rings. The second-order valence-corrected chi connectivity index (χ2v) is 12.5. The van der Waals surface area contributed by atoms with E-state index in [-0.39, 0.29) is 27.4 Å². The molecule has 0 radical (unpaired) electrons. The van der Waals surface area contributed by atoms with Crippen LogP contribution in [-0.2, 0) is 10.0 Å². The molecule has 1 saturated heterocycles. The van der Waals surface area contributed by atoms with Crippen molar-refractivity contribution in [2.45, 2.75) is 19.9 Å². The Balaban J connectivity index is 1.41. The summed E-state index contributed by atoms with van der Waals surface area (Å²) in [5.74, 6) is -1.19. The first-order valence-electron chi connectivity index (χ1n) is 12.3. The lowest BCUT2D eigenvalue weighted by Crippen LogP contribution is -2.48. The van der Waals surface area contributed by atoms with Crippen LogP contribution in [0.5, 0.6) is 0 Å². The van der Waals surface area contributed by atoms with E-state index in [0.29, 0.717) is 43.3 Å². The highest BCUT2D eigenvalue weighted by molar-refractivity contribution is 7.88. The third-order valence-electron chi connectivity index (χ3n) is 6.47. The number of pyridine rings is 1. The summed E-state index contributed by atoms with van der Waals surface area (Å²) in [6.07, 6.45) is 3.76. The number of fused-ring (bicyclic) bond motifs is 1. The summed E-state index contributed by atoms with van der Waals surface area (Å²) in [7, 11) is -3.23. The molecule has 1 N–H and O–H groups in total. The van der Waals surface area contributed by atoms with Gasteiger partial charge in [-0.1, -0.05) is 11.3 Å². The molecule has 4 heterocycles. The first-order valence-corrected chi connectivity index (χ1v) is 14.9. The lowest BCUT2D eigenvalue weighted by atomic mass is 10.1. The van der Waals surface area contributed by atoms with Crippen molar-refractivity contribution < 1.29 is 17.2 Å². The Morgan fingerprint density at radius 1 is 1.00 bits per heavy atom. The van der Waals surface area contributed by atoms with E-state index in [4.69, 9.17) is 0 Å². The summed E-state index contributed by atoms with van der Waals surface area (Å²) in [6, 6.07) is 5.56. The van der Waals surface area contributed by atoms with Crippen molar-refractivity contribution in [2.24, 2.45) is 0 Å². The Bertz CT molecular complexity index is 1820. The molecule has 1 fully saturated rings. The molecule has 0 aliphatic carbocycles. The van der Waals surface area contributed by atoms with E-state index in [1.807, 2.05) is 11.0 Å². The molecule has 0 spiro atoms. The fourth-order valence-corrected chi connectivity index (χ4v) is 6.14. The van der Waals surface area contributed by atoms with E-state index < -0.39 is 38.0 Å². The van der Waals surface area contributed by atoms with E-state index in [2.05, 4.69) is 20.3 Å². The van der Waals surface area contributed by atoms with Crippen LogP contribution in [0.25, 0.3) is 21.5 Å². The smallest absolute Gasteiger partial charge is 0.309 e. The van der Waals surface area contributed by atoms with Crippen LogP contribution in [0.15, 0.2) is 46.2 Å². The zero-order valence-electron chi connectivity index (χ0n) is 21.8. The highest BCUT2D eigenvalue weighted by atomic mass is 32.2. The van der Waals surface area contributed by atoms with Crippen molar-refractivity contribution in [2.75, 3.05) is 42.7 Å². The Labute approximate surface area is 231 Å². The predicted octanol–water partition coefficient (Wildman–Crippen LogP) is 2.96. The Kier molecular flexibility index (Phi) is 7.37. The number of hydrogen-bond acceptors (Lipinski definition) is 10. The van der Waals surface area contributed by atoms with E-state index in [9.17, 15) is 22.4 Å². The highest BCUT2D eigenvalue weighted by Crippen LogP contribution is 2.30. The average molecular weight is 590 g/mol. The summed E-state index contributed by atoms with van der Waals surface area (Å²) < 4.78 is 55.2. The van der Waals surface area contributed by atoms with Crippen molar-refractivity contribution >= 4 is 49.0 Å². The number of hydrogen-bond donors (Lipinski definition) is 1. The van der Waals surface area contributed by atoms with Crippen LogP contribution in [0, 0.1) is 11.6 Å². The molecule has 5 rings (SSSR count). The molecule has 40 heavy (non-hydrogen) atoms. The van der Waals surface area contributed by atoms with Gasteiger partial charge in [0.15, 0.2) is 5.82 Å². The zero-order chi connectivity index (χ0) is 28.8. The number of nitrogens with one attached hydrogen (secondary N) is 1. The molecule has 0 amide bonds. The summed E-state index contributed by atoms with van der Waals surface area (Å²) in [5.41, 5.74) is 0.0782. The molecule has 210 valence electrons. The SMILES string of the molecule is CC(C)n1c(=O)c(=O)sc2c(F)cc(-c3nc(Nc4ccc(N5CCN(S(C)(=O)=O)CC5)cn4)ncc3F)cc21. The van der Waals surface area contributed by atoms with E-state index in [1.54, 1.807) is 26.1 Å². The minimum Gasteiger partial charge on any atom is -0.368 e. The standard InChI is InChI=1S/C25H25F2N7O4S2/c1-14(2)34-19-11-15(10-17(26)22(19)39-24(36)23(34)35)21-18(27)13-29-25(31-21)30-20-5-4-16(12-28-20)32-6-8-33(9-7-32)40(3,37)38/h4-5,10-14H,6-9H2,1-3H3,(H,28,29,30,31). The van der Waals surface area contributed by atoms with E-state index in [0.717, 1.165) is 18.0 Å². The van der Waals surface area contributed by atoms with Crippen molar-refractivity contribution in [1.29, 1.82) is 0 Å². The molecule has 3 aromatic heterocycles. The molecule has 0 atom stereocenters. The minimum absolute atomic E-state index is 0.00288. The number of anilines is 3. The van der Waals surface area contributed by atoms with Crippen LogP contribution >= 0.6 is 11.3 Å². The number of sulfonamides is 1. The normalized spacial score (nSPS) is 14.7. The van der Waals surface area contributed by atoms with E-state index in [1.165, 1.54) is 21.2 Å².